The predicted octanol–water partition coefficient (Wildman–Crippen LogP) is 4.12. The van der Waals surface area contributed by atoms with Gasteiger partial charge in [-0.2, -0.15) is 36.7 Å². The molecule has 3 aromatic heterocycles. The van der Waals surface area contributed by atoms with Gasteiger partial charge >= 0.3 is 31.7 Å². The zero-order chi connectivity index (χ0) is 48.2. The molecule has 0 fully saturated rings. The number of carbonyl (C=O) groups is 4. The summed E-state index contributed by atoms with van der Waals surface area (Å²) < 4.78 is 105. The number of pyridine rings is 1. The van der Waals surface area contributed by atoms with Crippen LogP contribution >= 0.6 is 35.1 Å². The molecule has 6 N–H and O–H groups in total. The van der Waals surface area contributed by atoms with E-state index in [0.717, 1.165) is 19.2 Å². The van der Waals surface area contributed by atoms with E-state index in [2.05, 4.69) is 46.6 Å². The van der Waals surface area contributed by atoms with Gasteiger partial charge in [-0.15, -0.1) is 0 Å². The van der Waals surface area contributed by atoms with Crippen LogP contribution < -0.4 is 24.8 Å². The highest BCUT2D eigenvalue weighted by atomic mass is 79.9. The van der Waals surface area contributed by atoms with E-state index in [1.165, 1.54) is 57.6 Å². The lowest BCUT2D eigenvalue weighted by Gasteiger charge is -2.14. The van der Waals surface area contributed by atoms with Crippen molar-refractivity contribution in [3.8, 4) is 23.0 Å². The van der Waals surface area contributed by atoms with Crippen LogP contribution in [-0.2, 0) is 37.3 Å². The van der Waals surface area contributed by atoms with Gasteiger partial charge in [0, 0.05) is 32.9 Å². The fraction of sp³-hybridized carbons (Fsp3) is 0.333. The lowest BCUT2D eigenvalue weighted by Crippen LogP contribution is -2.36. The summed E-state index contributed by atoms with van der Waals surface area (Å²) >= 11 is 8.67. The van der Waals surface area contributed by atoms with Crippen molar-refractivity contribution in [2.45, 2.75) is 31.2 Å². The topological polar surface area (TPSA) is 304 Å². The normalized spacial score (nSPS) is 11.3. The van der Waals surface area contributed by atoms with Crippen molar-refractivity contribution < 1.29 is 78.8 Å². The smallest absolute Gasteiger partial charge is 0.434 e. The number of aromatic nitrogens is 5. The second-order valence-corrected chi connectivity index (χ2v) is 16.9. The third-order valence-corrected chi connectivity index (χ3v) is 9.93. The predicted molar refractivity (Wildman–Crippen MR) is 216 cm³/mol. The maximum Gasteiger partial charge on any atom is 0.434 e. The second kappa shape index (κ2) is 22.7. The number of esters is 1. The van der Waals surface area contributed by atoms with Crippen molar-refractivity contribution in [1.82, 2.24) is 39.7 Å². The molecule has 3 amide bonds. The number of hydrogen-bond acceptors (Lipinski definition) is 15. The first-order valence-corrected chi connectivity index (χ1v) is 21.4. The average molecular weight is 1020 g/mol. The fourth-order valence-corrected chi connectivity index (χ4v) is 6.87. The molecule has 0 aliphatic rings. The molecule has 30 heteroatoms. The molecule has 63 heavy (non-hydrogen) atoms. The van der Waals surface area contributed by atoms with E-state index in [4.69, 9.17) is 40.7 Å². The quantitative estimate of drug-likeness (QED) is 0.0623. The van der Waals surface area contributed by atoms with Crippen molar-refractivity contribution in [1.29, 1.82) is 0 Å². The van der Waals surface area contributed by atoms with Gasteiger partial charge in [0.2, 0.25) is 17.7 Å². The van der Waals surface area contributed by atoms with Crippen molar-refractivity contribution >= 4 is 75.0 Å². The van der Waals surface area contributed by atoms with E-state index in [1.807, 2.05) is 0 Å². The van der Waals surface area contributed by atoms with Crippen LogP contribution in [0.5, 0.6) is 11.8 Å². The number of alkyl halides is 3. The van der Waals surface area contributed by atoms with Crippen LogP contribution in [0.3, 0.4) is 0 Å². The Morgan fingerprint density at radius 3 is 2.11 bits per heavy atom. The molecule has 0 radical (unpaired) electrons. The van der Waals surface area contributed by atoms with Gasteiger partial charge < -0.3 is 34.0 Å². The molecule has 0 saturated carbocycles. The van der Waals surface area contributed by atoms with E-state index >= 15 is 0 Å². The molecular weight excluding hydrogens is 985 g/mol. The number of methoxy groups -OCH3 is 2. The van der Waals surface area contributed by atoms with Crippen molar-refractivity contribution in [3.63, 3.8) is 0 Å². The minimum absolute atomic E-state index is 0.0913. The molecule has 1 aromatic carbocycles. The minimum Gasteiger partial charge on any atom is -0.481 e. The number of aryl methyl sites for hydroxylation is 1. The molecule has 0 bridgehead atoms. The molecule has 3 heterocycles. The van der Waals surface area contributed by atoms with Crippen LogP contribution in [0.15, 0.2) is 46.0 Å². The lowest BCUT2D eigenvalue weighted by atomic mass is 10.1. The summed E-state index contributed by atoms with van der Waals surface area (Å²) in [5.74, 6) is -3.54. The molecule has 0 aliphatic heterocycles. The average Bonchev–Trinajstić information content (AvgIpc) is 3.46. The van der Waals surface area contributed by atoms with Crippen LogP contribution in [0, 0.1) is 5.82 Å². The van der Waals surface area contributed by atoms with Crippen LogP contribution in [0.2, 0.25) is 5.02 Å². The third kappa shape index (κ3) is 16.3. The molecule has 0 atom stereocenters. The number of benzene rings is 1. The second-order valence-electron chi connectivity index (χ2n) is 12.4. The number of anilines is 1. The molecule has 346 valence electrons. The number of carboxylic acids is 1. The van der Waals surface area contributed by atoms with Crippen LogP contribution in [0.25, 0.3) is 11.3 Å². The summed E-state index contributed by atoms with van der Waals surface area (Å²) in [6.45, 7) is 2.79. The van der Waals surface area contributed by atoms with E-state index in [-0.39, 0.29) is 45.1 Å². The molecule has 0 unspecified atom stereocenters. The Morgan fingerprint density at radius 1 is 1.05 bits per heavy atom. The molecule has 4 rings (SSSR count). The van der Waals surface area contributed by atoms with Gasteiger partial charge in [0.05, 0.1) is 59.8 Å². The molecular formula is C33H38BrClF4N9O13PS. The number of sulfonamides is 1. The highest BCUT2D eigenvalue weighted by molar-refractivity contribution is 9.10. The van der Waals surface area contributed by atoms with E-state index in [0.29, 0.717) is 4.68 Å². The number of nitrogens with zero attached hydrogens (tertiary/aromatic N) is 6. The SMILES string of the molecule is CC(C)OC(=O)c1cc(-c2nn(C)c(C(F)(F)F)c2Br)c(F)cc1Cl.COc1cc(OC)nc(NC(=O)NS(=O)(=O)c2ncccc2C(=O)N(C)C)n1.O=C(O)CNCP(=O)(O)O. The van der Waals surface area contributed by atoms with Gasteiger partial charge in [0.25, 0.3) is 15.9 Å². The summed E-state index contributed by atoms with van der Waals surface area (Å²) in [4.78, 5) is 75.1. The number of aliphatic carboxylic acids is 1. The van der Waals surface area contributed by atoms with Gasteiger partial charge in [-0.1, -0.05) is 11.6 Å². The third-order valence-electron chi connectivity index (χ3n) is 6.94. The molecule has 0 saturated heterocycles. The first-order chi connectivity index (χ1) is 29.0. The Balaban J connectivity index is 0.000000359. The van der Waals surface area contributed by atoms with Gasteiger partial charge in [0.1, 0.15) is 11.5 Å². The Morgan fingerprint density at radius 2 is 1.63 bits per heavy atom. The lowest BCUT2D eigenvalue weighted by molar-refractivity contribution is -0.144. The highest BCUT2D eigenvalue weighted by Gasteiger charge is 2.39. The Hall–Kier alpha value is -5.51. The monoisotopic (exact) mass is 1020 g/mol. The number of nitrogens with one attached hydrogen (secondary N) is 3. The number of carbonyl (C=O) groups excluding carboxylic acids is 3. The van der Waals surface area contributed by atoms with E-state index in [9.17, 15) is 49.7 Å². The zero-order valence-corrected chi connectivity index (χ0v) is 37.7. The number of hydrogen-bond donors (Lipinski definition) is 6. The molecule has 0 aliphatic carbocycles. The number of halogens is 6. The summed E-state index contributed by atoms with van der Waals surface area (Å²) in [6, 6.07) is 4.76. The number of urea groups is 1. The van der Waals surface area contributed by atoms with Crippen LogP contribution in [0.4, 0.5) is 28.3 Å². The Kier molecular flexibility index (Phi) is 19.3. The van der Waals surface area contributed by atoms with Crippen LogP contribution in [-0.4, -0.2) is 124 Å². The van der Waals surface area contributed by atoms with Gasteiger partial charge in [-0.05, 0) is 54.0 Å². The fourth-order valence-electron chi connectivity index (χ4n) is 4.43. The summed E-state index contributed by atoms with van der Waals surface area (Å²) in [6.07, 6.45) is -4.55. The minimum atomic E-state index is -4.69. The summed E-state index contributed by atoms with van der Waals surface area (Å²) in [7, 11) is -1.86. The molecule has 4 aromatic rings. The van der Waals surface area contributed by atoms with E-state index in [1.54, 1.807) is 18.6 Å². The first kappa shape index (κ1) is 53.6. The van der Waals surface area contributed by atoms with Crippen LogP contribution in [0.1, 0.15) is 40.3 Å². The van der Waals surface area contributed by atoms with Crippen molar-refractivity contribution in [3.05, 3.63) is 68.7 Å². The zero-order valence-electron chi connectivity index (χ0n) is 33.7. The number of ether oxygens (including phenoxy) is 3. The Labute approximate surface area is 368 Å². The van der Waals surface area contributed by atoms with Crippen molar-refractivity contribution in [2.75, 3.05) is 46.5 Å². The standard InChI is InChI=1S/C15H12BrClF4N2O2.C15H18N6O6S.C3H8NO5P/c1-6(2)25-14(24)7-4-8(10(18)5-9(7)17)12-11(16)13(15(19,20)21)23(3)22-12;1-21(2)13(22)9-6-5-7-16-12(9)28(24,25)20-15(23)19-14-17-10(26-3)8-11(18-14)27-4;5-3(6)1-4-2-10(7,8)9/h4-6H,1-3H3;5-8H,1-4H3,(H2,17,18,19,20,23);4H,1-2H2,(H,5,6)(H2,7,8,9). The largest absolute Gasteiger partial charge is 0.481 e. The van der Waals surface area contributed by atoms with Crippen molar-refractivity contribution in [2.24, 2.45) is 7.05 Å². The number of carboxylic acid groups (broad SMARTS) is 1. The summed E-state index contributed by atoms with van der Waals surface area (Å²) in [5.41, 5.74) is -2.05. The van der Waals surface area contributed by atoms with E-state index < -0.39 is 87.6 Å². The molecule has 0 spiro atoms. The first-order valence-electron chi connectivity index (χ1n) is 17.0. The highest BCUT2D eigenvalue weighted by Crippen LogP contribution is 2.41. The summed E-state index contributed by atoms with van der Waals surface area (Å²) in [5, 5.41) is 15.1. The number of rotatable bonds is 13. The number of amides is 3. The van der Waals surface area contributed by atoms with Gasteiger partial charge in [-0.25, -0.2) is 23.7 Å². The maximum absolute atomic E-state index is 14.3. The van der Waals surface area contributed by atoms with Gasteiger partial charge in [0.15, 0.2) is 10.7 Å². The van der Waals surface area contributed by atoms with Gasteiger partial charge in [-0.3, -0.25) is 29.5 Å². The Bertz CT molecular complexity index is 2460. The maximum atomic E-state index is 14.3. The molecule has 22 nitrogen and oxygen atoms in total.